The van der Waals surface area contributed by atoms with Crippen molar-refractivity contribution in [3.05, 3.63) is 25.1 Å². The number of halogens is 4. The molecule has 0 aromatic heterocycles. The number of aromatic hydroxyl groups is 1. The second-order valence-corrected chi connectivity index (χ2v) is 4.25. The fraction of sp³-hybridized carbons (Fsp3) is 0. The zero-order valence-corrected chi connectivity index (χ0v) is 9.72. The summed E-state index contributed by atoms with van der Waals surface area (Å²) in [5.41, 5.74) is 0. The van der Waals surface area contributed by atoms with Crippen LogP contribution in [0.5, 0.6) is 5.75 Å². The lowest BCUT2D eigenvalue weighted by Crippen LogP contribution is -1.75. The van der Waals surface area contributed by atoms with Crippen LogP contribution < -0.4 is 0 Å². The Labute approximate surface area is 90.6 Å². The van der Waals surface area contributed by atoms with Gasteiger partial charge in [-0.05, 0) is 37.9 Å². The monoisotopic (exact) mass is 318 g/mol. The maximum Gasteiger partial charge on any atom is 0.154 e. The van der Waals surface area contributed by atoms with Gasteiger partial charge in [0.15, 0.2) is 5.75 Å². The summed E-state index contributed by atoms with van der Waals surface area (Å²) in [5, 5.41) is 9.64. The molecule has 60 valence electrons. The smallest absolute Gasteiger partial charge is 0.154 e. The molecule has 0 bridgehead atoms. The Morgan fingerprint density at radius 3 is 2.36 bits per heavy atom. The number of hydrogen-bond acceptors (Lipinski definition) is 1. The van der Waals surface area contributed by atoms with E-state index >= 15 is 0 Å². The Morgan fingerprint density at radius 2 is 1.82 bits per heavy atom. The fourth-order valence-corrected chi connectivity index (χ4v) is 1.99. The van der Waals surface area contributed by atoms with Crippen LogP contribution >= 0.6 is 55.1 Å². The van der Waals surface area contributed by atoms with Gasteiger partial charge in [0.1, 0.15) is 0 Å². The number of rotatable bonds is 0. The molecular weight excluding hydrogens is 319 g/mol. The van der Waals surface area contributed by atoms with E-state index in [2.05, 4.69) is 31.9 Å². The van der Waals surface area contributed by atoms with Crippen LogP contribution in [0.1, 0.15) is 0 Å². The molecule has 0 radical (unpaired) electrons. The minimum atomic E-state index is -0.108. The molecule has 0 aliphatic carbocycles. The lowest BCUT2D eigenvalue weighted by Gasteiger charge is -2.03. The molecule has 0 amide bonds. The van der Waals surface area contributed by atoms with Gasteiger partial charge in [-0.25, -0.2) is 0 Å². The lowest BCUT2D eigenvalue weighted by molar-refractivity contribution is 0.475. The topological polar surface area (TPSA) is 20.2 Å². The molecule has 1 N–H and O–H groups in total. The van der Waals surface area contributed by atoms with Gasteiger partial charge in [-0.15, -0.1) is 0 Å². The van der Waals surface area contributed by atoms with Crippen LogP contribution in [0.15, 0.2) is 15.0 Å². The Kier molecular flexibility index (Phi) is 3.09. The third-order valence-corrected chi connectivity index (χ3v) is 3.96. The Morgan fingerprint density at radius 1 is 1.27 bits per heavy atom. The molecule has 0 aliphatic rings. The third kappa shape index (κ3) is 1.83. The SMILES string of the molecule is Oc1c(Cl)cc(Br)c(Br)c1Cl. The lowest BCUT2D eigenvalue weighted by atomic mass is 10.3. The summed E-state index contributed by atoms with van der Waals surface area (Å²) in [6.07, 6.45) is 0. The van der Waals surface area contributed by atoms with Gasteiger partial charge in [-0.2, -0.15) is 0 Å². The first kappa shape index (κ1) is 9.65. The van der Waals surface area contributed by atoms with Crippen molar-refractivity contribution in [3.63, 3.8) is 0 Å². The van der Waals surface area contributed by atoms with Crippen molar-refractivity contribution in [2.24, 2.45) is 0 Å². The summed E-state index contributed by atoms with van der Waals surface area (Å²) in [6, 6.07) is 1.56. The van der Waals surface area contributed by atoms with Crippen LogP contribution in [0.25, 0.3) is 0 Å². The minimum absolute atomic E-state index is 0.108. The Bertz CT molecular complexity index is 275. The summed E-state index contributed by atoms with van der Waals surface area (Å²) in [4.78, 5) is 0. The van der Waals surface area contributed by atoms with Gasteiger partial charge < -0.3 is 5.11 Å². The summed E-state index contributed by atoms with van der Waals surface area (Å²) in [7, 11) is 0. The number of benzene rings is 1. The van der Waals surface area contributed by atoms with E-state index in [-0.39, 0.29) is 15.8 Å². The van der Waals surface area contributed by atoms with E-state index in [1.807, 2.05) is 0 Å². The molecular formula is C6H2Br2Cl2O. The highest BCUT2D eigenvalue weighted by Gasteiger charge is 2.10. The molecule has 1 aromatic rings. The first-order valence-corrected chi connectivity index (χ1v) is 4.90. The first-order chi connectivity index (χ1) is 5.04. The Balaban J connectivity index is 3.46. The van der Waals surface area contributed by atoms with Crippen LogP contribution in [0.3, 0.4) is 0 Å². The van der Waals surface area contributed by atoms with Crippen molar-refractivity contribution < 1.29 is 5.11 Å². The van der Waals surface area contributed by atoms with Crippen LogP contribution in [0.4, 0.5) is 0 Å². The molecule has 5 heteroatoms. The maximum atomic E-state index is 9.20. The molecule has 1 rings (SSSR count). The second-order valence-electron chi connectivity index (χ2n) is 1.82. The average molecular weight is 321 g/mol. The molecule has 0 saturated heterocycles. The zero-order chi connectivity index (χ0) is 8.59. The number of hydrogen-bond donors (Lipinski definition) is 1. The summed E-state index contributed by atoms with van der Waals surface area (Å²) in [6.45, 7) is 0. The van der Waals surface area contributed by atoms with Crippen molar-refractivity contribution in [1.82, 2.24) is 0 Å². The van der Waals surface area contributed by atoms with Gasteiger partial charge in [-0.3, -0.25) is 0 Å². The molecule has 0 atom stereocenters. The molecule has 0 heterocycles. The largest absolute Gasteiger partial charge is 0.505 e. The minimum Gasteiger partial charge on any atom is -0.505 e. The highest BCUT2D eigenvalue weighted by molar-refractivity contribution is 9.13. The summed E-state index contributed by atoms with van der Waals surface area (Å²) >= 11 is 17.7. The number of phenolic OH excluding ortho intramolecular Hbond substituents is 1. The molecule has 0 spiro atoms. The highest BCUT2D eigenvalue weighted by Crippen LogP contribution is 2.41. The van der Waals surface area contributed by atoms with E-state index in [1.54, 1.807) is 6.07 Å². The molecule has 0 unspecified atom stereocenters. The Hall–Kier alpha value is 0.560. The normalized spacial score (nSPS) is 10.2. The van der Waals surface area contributed by atoms with E-state index in [1.165, 1.54) is 0 Å². The van der Waals surface area contributed by atoms with E-state index < -0.39 is 0 Å². The van der Waals surface area contributed by atoms with Gasteiger partial charge in [0, 0.05) is 4.47 Å². The van der Waals surface area contributed by atoms with Crippen LogP contribution in [-0.2, 0) is 0 Å². The van der Waals surface area contributed by atoms with Gasteiger partial charge in [0.2, 0.25) is 0 Å². The molecule has 1 aromatic carbocycles. The van der Waals surface area contributed by atoms with E-state index in [9.17, 15) is 5.11 Å². The van der Waals surface area contributed by atoms with Gasteiger partial charge in [0.25, 0.3) is 0 Å². The first-order valence-electron chi connectivity index (χ1n) is 2.56. The van der Waals surface area contributed by atoms with Crippen LogP contribution in [0, 0.1) is 0 Å². The number of phenols is 1. The predicted octanol–water partition coefficient (Wildman–Crippen LogP) is 4.22. The molecule has 0 aliphatic heterocycles. The third-order valence-electron chi connectivity index (χ3n) is 1.09. The molecule has 11 heavy (non-hydrogen) atoms. The van der Waals surface area contributed by atoms with E-state index in [0.29, 0.717) is 8.95 Å². The molecule has 1 nitrogen and oxygen atoms in total. The summed E-state index contributed by atoms with van der Waals surface area (Å²) in [5.74, 6) is -0.108. The highest BCUT2D eigenvalue weighted by atomic mass is 79.9. The van der Waals surface area contributed by atoms with Crippen molar-refractivity contribution in [2.75, 3.05) is 0 Å². The van der Waals surface area contributed by atoms with Gasteiger partial charge in [0.05, 0.1) is 14.5 Å². The van der Waals surface area contributed by atoms with Crippen LogP contribution in [-0.4, -0.2) is 5.11 Å². The van der Waals surface area contributed by atoms with Crippen molar-refractivity contribution in [3.8, 4) is 5.75 Å². The quantitative estimate of drug-likeness (QED) is 0.560. The fourth-order valence-electron chi connectivity index (χ4n) is 0.557. The zero-order valence-electron chi connectivity index (χ0n) is 5.04. The average Bonchev–Trinajstić information content (AvgIpc) is 1.97. The summed E-state index contributed by atoms with van der Waals surface area (Å²) < 4.78 is 1.31. The van der Waals surface area contributed by atoms with Crippen molar-refractivity contribution >= 4 is 55.1 Å². The molecule has 0 saturated carbocycles. The standard InChI is InChI=1S/C6H2Br2Cl2O/c7-2-1-3(9)6(11)5(10)4(2)8/h1,11H. The van der Waals surface area contributed by atoms with Gasteiger partial charge in [-0.1, -0.05) is 23.2 Å². The van der Waals surface area contributed by atoms with Crippen molar-refractivity contribution in [1.29, 1.82) is 0 Å². The van der Waals surface area contributed by atoms with E-state index in [4.69, 9.17) is 23.2 Å². The van der Waals surface area contributed by atoms with Crippen molar-refractivity contribution in [2.45, 2.75) is 0 Å². The maximum absolute atomic E-state index is 9.20. The second kappa shape index (κ2) is 3.52. The molecule has 0 fully saturated rings. The van der Waals surface area contributed by atoms with E-state index in [0.717, 1.165) is 0 Å². The van der Waals surface area contributed by atoms with Gasteiger partial charge >= 0.3 is 0 Å². The predicted molar refractivity (Wildman–Crippen MR) is 53.5 cm³/mol. The van der Waals surface area contributed by atoms with Crippen LogP contribution in [0.2, 0.25) is 10.0 Å².